The highest BCUT2D eigenvalue weighted by atomic mass is 35.5. The van der Waals surface area contributed by atoms with Gasteiger partial charge in [-0.15, -0.1) is 0 Å². The van der Waals surface area contributed by atoms with Crippen LogP contribution in [0, 0.1) is 16.0 Å². The molecule has 1 atom stereocenters. The zero-order chi connectivity index (χ0) is 17.6. The summed E-state index contributed by atoms with van der Waals surface area (Å²) in [5, 5.41) is 11.1. The molecule has 1 aromatic rings. The van der Waals surface area contributed by atoms with Gasteiger partial charge >= 0.3 is 11.9 Å². The number of ether oxygens (including phenoxy) is 3. The highest BCUT2D eigenvalue weighted by molar-refractivity contribution is 6.31. The van der Waals surface area contributed by atoms with Crippen molar-refractivity contribution in [3.05, 3.63) is 38.9 Å². The van der Waals surface area contributed by atoms with Crippen LogP contribution in [-0.2, 0) is 19.1 Å². The Labute approximate surface area is 137 Å². The maximum atomic E-state index is 11.9. The monoisotopic (exact) mass is 345 g/mol. The van der Waals surface area contributed by atoms with E-state index in [9.17, 15) is 19.7 Å². The minimum absolute atomic E-state index is 0.133. The second-order valence-corrected chi connectivity index (χ2v) is 4.94. The van der Waals surface area contributed by atoms with Gasteiger partial charge in [0.15, 0.2) is 5.92 Å². The standard InChI is InChI=1S/C14H16ClNO7/c1-21-8-4-5-9(11(15)6-8)10(7-16(19)20)12(13(17)22-2)14(18)23-3/h4-6,10,12H,7H2,1-3H3/t10-/m0/s1. The fourth-order valence-electron chi connectivity index (χ4n) is 2.16. The van der Waals surface area contributed by atoms with E-state index in [1.807, 2.05) is 0 Å². The molecular weight excluding hydrogens is 330 g/mol. The smallest absolute Gasteiger partial charge is 0.320 e. The topological polar surface area (TPSA) is 105 Å². The zero-order valence-electron chi connectivity index (χ0n) is 12.8. The summed E-state index contributed by atoms with van der Waals surface area (Å²) in [5.74, 6) is -4.07. The van der Waals surface area contributed by atoms with Gasteiger partial charge in [-0.25, -0.2) is 0 Å². The number of rotatable bonds is 7. The molecule has 23 heavy (non-hydrogen) atoms. The summed E-state index contributed by atoms with van der Waals surface area (Å²) < 4.78 is 14.2. The van der Waals surface area contributed by atoms with Crippen molar-refractivity contribution in [2.24, 2.45) is 5.92 Å². The van der Waals surface area contributed by atoms with Crippen LogP contribution in [0.25, 0.3) is 0 Å². The molecular formula is C14H16ClNO7. The molecule has 8 nitrogen and oxygen atoms in total. The maximum absolute atomic E-state index is 11.9. The van der Waals surface area contributed by atoms with Crippen molar-refractivity contribution >= 4 is 23.5 Å². The predicted molar refractivity (Wildman–Crippen MR) is 80.1 cm³/mol. The fraction of sp³-hybridized carbons (Fsp3) is 0.429. The highest BCUT2D eigenvalue weighted by Crippen LogP contribution is 2.34. The molecule has 1 aromatic carbocycles. The number of carbonyl (C=O) groups is 2. The van der Waals surface area contributed by atoms with Gasteiger partial charge in [-0.2, -0.15) is 0 Å². The molecule has 0 N–H and O–H groups in total. The first-order chi connectivity index (χ1) is 10.8. The van der Waals surface area contributed by atoms with Gasteiger partial charge in [0.05, 0.1) is 27.2 Å². The molecule has 9 heteroatoms. The largest absolute Gasteiger partial charge is 0.497 e. The van der Waals surface area contributed by atoms with Crippen LogP contribution in [0.4, 0.5) is 0 Å². The molecule has 0 aliphatic carbocycles. The Hall–Kier alpha value is -2.35. The number of methoxy groups -OCH3 is 3. The molecule has 0 unspecified atom stereocenters. The van der Waals surface area contributed by atoms with Crippen LogP contribution in [0.5, 0.6) is 5.75 Å². The Balaban J connectivity index is 3.39. The van der Waals surface area contributed by atoms with Gasteiger partial charge in [-0.3, -0.25) is 19.7 Å². The van der Waals surface area contributed by atoms with E-state index in [2.05, 4.69) is 9.47 Å². The van der Waals surface area contributed by atoms with Crippen LogP contribution in [0.1, 0.15) is 11.5 Å². The minimum atomic E-state index is -1.50. The summed E-state index contributed by atoms with van der Waals surface area (Å²) in [6.45, 7) is -0.694. The summed E-state index contributed by atoms with van der Waals surface area (Å²) in [5.41, 5.74) is 0.255. The molecule has 0 saturated heterocycles. The van der Waals surface area contributed by atoms with E-state index >= 15 is 0 Å². The molecule has 0 aromatic heterocycles. The number of nitrogens with zero attached hydrogens (tertiary/aromatic N) is 1. The van der Waals surface area contributed by atoms with E-state index in [4.69, 9.17) is 16.3 Å². The van der Waals surface area contributed by atoms with Gasteiger partial charge in [0.1, 0.15) is 5.75 Å². The van der Waals surface area contributed by atoms with E-state index in [0.717, 1.165) is 14.2 Å². The Kier molecular flexibility index (Phi) is 6.77. The Bertz CT molecular complexity index is 589. The fourth-order valence-corrected chi connectivity index (χ4v) is 2.47. The first-order valence-electron chi connectivity index (χ1n) is 6.46. The highest BCUT2D eigenvalue weighted by Gasteiger charge is 2.41. The van der Waals surface area contributed by atoms with Crippen LogP contribution in [0.3, 0.4) is 0 Å². The van der Waals surface area contributed by atoms with Crippen molar-refractivity contribution < 1.29 is 28.7 Å². The summed E-state index contributed by atoms with van der Waals surface area (Å²) in [6, 6.07) is 4.43. The van der Waals surface area contributed by atoms with Crippen LogP contribution in [0.2, 0.25) is 5.02 Å². The summed E-state index contributed by atoms with van der Waals surface area (Å²) in [4.78, 5) is 34.2. The number of halogens is 1. The normalized spacial score (nSPS) is 11.7. The van der Waals surface area contributed by atoms with E-state index < -0.39 is 35.2 Å². The quantitative estimate of drug-likeness (QED) is 0.320. The van der Waals surface area contributed by atoms with Gasteiger partial charge in [0.2, 0.25) is 6.54 Å². The lowest BCUT2D eigenvalue weighted by Crippen LogP contribution is -2.35. The predicted octanol–water partition coefficient (Wildman–Crippen LogP) is 1.67. The van der Waals surface area contributed by atoms with Gasteiger partial charge in [0, 0.05) is 9.95 Å². The molecule has 0 amide bonds. The molecule has 0 saturated carbocycles. The molecule has 0 bridgehead atoms. The molecule has 0 aliphatic rings. The zero-order valence-corrected chi connectivity index (χ0v) is 13.5. The summed E-state index contributed by atoms with van der Waals surface area (Å²) in [7, 11) is 3.60. The van der Waals surface area contributed by atoms with Gasteiger partial charge < -0.3 is 14.2 Å². The number of hydrogen-bond acceptors (Lipinski definition) is 7. The first-order valence-corrected chi connectivity index (χ1v) is 6.84. The lowest BCUT2D eigenvalue weighted by molar-refractivity contribution is -0.484. The number of esters is 2. The van der Waals surface area contributed by atoms with Crippen molar-refractivity contribution in [2.75, 3.05) is 27.9 Å². The number of carbonyl (C=O) groups excluding carboxylic acids is 2. The molecule has 0 radical (unpaired) electrons. The van der Waals surface area contributed by atoms with Crippen LogP contribution in [-0.4, -0.2) is 44.7 Å². The molecule has 1 rings (SSSR count). The Morgan fingerprint density at radius 3 is 2.17 bits per heavy atom. The molecule has 0 fully saturated rings. The SMILES string of the molecule is COC(=O)C(C(=O)OC)[C@@H](C[N+](=O)[O-])c1ccc(OC)cc1Cl. The number of benzene rings is 1. The Morgan fingerprint density at radius 1 is 1.22 bits per heavy atom. The lowest BCUT2D eigenvalue weighted by atomic mass is 9.85. The van der Waals surface area contributed by atoms with Gasteiger partial charge in [-0.05, 0) is 17.7 Å². The van der Waals surface area contributed by atoms with E-state index in [0.29, 0.717) is 5.75 Å². The molecule has 0 spiro atoms. The third-order valence-corrected chi connectivity index (χ3v) is 3.59. The van der Waals surface area contributed by atoms with Crippen molar-refractivity contribution in [3.63, 3.8) is 0 Å². The van der Waals surface area contributed by atoms with Crippen LogP contribution in [0.15, 0.2) is 18.2 Å². The van der Waals surface area contributed by atoms with Crippen molar-refractivity contribution in [1.29, 1.82) is 0 Å². The molecule has 126 valence electrons. The number of hydrogen-bond donors (Lipinski definition) is 0. The maximum Gasteiger partial charge on any atom is 0.320 e. The molecule has 0 heterocycles. The van der Waals surface area contributed by atoms with E-state index in [-0.39, 0.29) is 10.6 Å². The second-order valence-electron chi connectivity index (χ2n) is 4.53. The van der Waals surface area contributed by atoms with Gasteiger partial charge in [-0.1, -0.05) is 17.7 Å². The lowest BCUT2D eigenvalue weighted by Gasteiger charge is -2.21. The minimum Gasteiger partial charge on any atom is -0.497 e. The van der Waals surface area contributed by atoms with Crippen molar-refractivity contribution in [2.45, 2.75) is 5.92 Å². The second kappa shape index (κ2) is 8.33. The van der Waals surface area contributed by atoms with E-state index in [1.54, 1.807) is 0 Å². The van der Waals surface area contributed by atoms with Gasteiger partial charge in [0.25, 0.3) is 0 Å². The molecule has 0 aliphatic heterocycles. The van der Waals surface area contributed by atoms with Crippen molar-refractivity contribution in [1.82, 2.24) is 0 Å². The number of nitro groups is 1. The average Bonchev–Trinajstić information content (AvgIpc) is 2.53. The first kappa shape index (κ1) is 18.7. The summed E-state index contributed by atoms with van der Waals surface area (Å²) >= 11 is 6.12. The third-order valence-electron chi connectivity index (χ3n) is 3.27. The Morgan fingerprint density at radius 2 is 1.78 bits per heavy atom. The average molecular weight is 346 g/mol. The summed E-state index contributed by atoms with van der Waals surface area (Å²) in [6.07, 6.45) is 0. The third kappa shape index (κ3) is 4.56. The van der Waals surface area contributed by atoms with E-state index in [1.165, 1.54) is 25.3 Å². The van der Waals surface area contributed by atoms with Crippen molar-refractivity contribution in [3.8, 4) is 5.75 Å². The van der Waals surface area contributed by atoms with Crippen LogP contribution >= 0.6 is 11.6 Å². The van der Waals surface area contributed by atoms with Crippen LogP contribution < -0.4 is 4.74 Å².